The van der Waals surface area contributed by atoms with Crippen LogP contribution in [0, 0.1) is 0 Å². The minimum absolute atomic E-state index is 0.0606. The lowest BCUT2D eigenvalue weighted by atomic mass is 10.5. The molecule has 3 aromatic rings. The molecule has 0 atom stereocenters. The zero-order valence-electron chi connectivity index (χ0n) is 14.5. The Morgan fingerprint density at radius 2 is 1.41 bits per heavy atom. The van der Waals surface area contributed by atoms with Crippen LogP contribution in [0.2, 0.25) is 10.3 Å². The Morgan fingerprint density at radius 1 is 0.862 bits per heavy atom. The molecule has 3 rings (SSSR count). The molecule has 3 aromatic heterocycles. The first-order valence-corrected chi connectivity index (χ1v) is 11.9. The second kappa shape index (κ2) is 9.06. The molecule has 152 valence electrons. The van der Waals surface area contributed by atoms with E-state index in [1.165, 1.54) is 55.0 Å². The molecule has 0 saturated carbocycles. The first-order chi connectivity index (χ1) is 13.8. The molecule has 0 amide bonds. The van der Waals surface area contributed by atoms with E-state index in [-0.39, 0.29) is 26.8 Å². The van der Waals surface area contributed by atoms with Gasteiger partial charge in [-0.3, -0.25) is 0 Å². The summed E-state index contributed by atoms with van der Waals surface area (Å²) in [5.41, 5.74) is 0. The van der Waals surface area contributed by atoms with Crippen LogP contribution in [0.3, 0.4) is 0 Å². The van der Waals surface area contributed by atoms with Gasteiger partial charge in [0.1, 0.15) is 6.29 Å². The largest absolute Gasteiger partial charge is 0.445 e. The Morgan fingerprint density at radius 3 is 1.90 bits per heavy atom. The topological polar surface area (TPSA) is 120 Å². The standard InChI is InChI=1S/C16H13Cl2N4O5PS/c17-15-12(5-3-9-20-15)26-28(23,27-13-6-4-10-21-16(13)18)11-22-29(24,25)14-7-1-2-8-19-14/h1-10,22H,11H2. The van der Waals surface area contributed by atoms with Gasteiger partial charge >= 0.3 is 7.60 Å². The van der Waals surface area contributed by atoms with E-state index in [0.29, 0.717) is 0 Å². The van der Waals surface area contributed by atoms with Gasteiger partial charge in [-0.1, -0.05) is 29.3 Å². The summed E-state index contributed by atoms with van der Waals surface area (Å²) in [6.07, 6.45) is 3.39. The molecule has 3 heterocycles. The molecule has 0 bridgehead atoms. The Kier molecular flexibility index (Phi) is 6.71. The van der Waals surface area contributed by atoms with E-state index in [1.54, 1.807) is 6.07 Å². The van der Waals surface area contributed by atoms with E-state index in [2.05, 4.69) is 19.7 Å². The van der Waals surface area contributed by atoms with Crippen molar-refractivity contribution in [1.82, 2.24) is 19.7 Å². The van der Waals surface area contributed by atoms with Crippen molar-refractivity contribution >= 4 is 40.8 Å². The van der Waals surface area contributed by atoms with Gasteiger partial charge in [-0.05, 0) is 36.4 Å². The first-order valence-electron chi connectivity index (χ1n) is 7.89. The number of halogens is 2. The third-order valence-electron chi connectivity index (χ3n) is 3.29. The van der Waals surface area contributed by atoms with Gasteiger partial charge in [0, 0.05) is 18.6 Å². The fraction of sp³-hybridized carbons (Fsp3) is 0.0625. The highest BCUT2D eigenvalue weighted by atomic mass is 35.5. The van der Waals surface area contributed by atoms with Crippen molar-refractivity contribution in [1.29, 1.82) is 0 Å². The van der Waals surface area contributed by atoms with Crippen LogP contribution >= 0.6 is 30.8 Å². The number of nitrogens with zero attached hydrogens (tertiary/aromatic N) is 3. The number of hydrogen-bond acceptors (Lipinski definition) is 8. The van der Waals surface area contributed by atoms with Crippen LogP contribution in [-0.4, -0.2) is 29.7 Å². The third-order valence-corrected chi connectivity index (χ3v) is 6.88. The lowest BCUT2D eigenvalue weighted by molar-refractivity contribution is 0.383. The molecule has 0 aliphatic heterocycles. The number of pyridine rings is 3. The van der Waals surface area contributed by atoms with E-state index in [4.69, 9.17) is 32.2 Å². The van der Waals surface area contributed by atoms with Crippen molar-refractivity contribution in [2.75, 3.05) is 6.29 Å². The second-order valence-electron chi connectivity index (χ2n) is 5.35. The Bertz CT molecular complexity index is 1100. The summed E-state index contributed by atoms with van der Waals surface area (Å²) < 4.78 is 51.3. The summed E-state index contributed by atoms with van der Waals surface area (Å²) in [6.45, 7) is 0. The highest BCUT2D eigenvalue weighted by molar-refractivity contribution is 7.89. The smallest absolute Gasteiger partial charge is 0.412 e. The average molecular weight is 475 g/mol. The predicted molar refractivity (Wildman–Crippen MR) is 107 cm³/mol. The van der Waals surface area contributed by atoms with E-state index >= 15 is 0 Å². The lowest BCUT2D eigenvalue weighted by Crippen LogP contribution is -2.28. The van der Waals surface area contributed by atoms with Crippen molar-refractivity contribution in [3.63, 3.8) is 0 Å². The van der Waals surface area contributed by atoms with E-state index in [1.807, 2.05) is 0 Å². The number of hydrogen-bond donors (Lipinski definition) is 1. The van der Waals surface area contributed by atoms with Gasteiger partial charge in [-0.2, -0.15) is 4.72 Å². The number of nitrogens with one attached hydrogen (secondary N) is 1. The molecule has 29 heavy (non-hydrogen) atoms. The number of rotatable bonds is 8. The number of sulfonamides is 1. The van der Waals surface area contributed by atoms with Crippen LogP contribution < -0.4 is 13.8 Å². The molecule has 0 unspecified atom stereocenters. The molecular weight excluding hydrogens is 462 g/mol. The number of aromatic nitrogens is 3. The summed E-state index contributed by atoms with van der Waals surface area (Å²) in [5, 5.41) is -0.423. The highest BCUT2D eigenvalue weighted by Crippen LogP contribution is 2.49. The van der Waals surface area contributed by atoms with Gasteiger partial charge < -0.3 is 9.05 Å². The van der Waals surface area contributed by atoms with Crippen LogP contribution in [-0.2, 0) is 14.6 Å². The molecule has 13 heteroatoms. The molecule has 0 fully saturated rings. The molecule has 0 aliphatic rings. The summed E-state index contributed by atoms with van der Waals surface area (Å²) in [7, 11) is -8.29. The summed E-state index contributed by atoms with van der Waals surface area (Å²) >= 11 is 11.9. The minimum atomic E-state index is -4.20. The zero-order chi connectivity index (χ0) is 20.9. The normalized spacial score (nSPS) is 11.8. The lowest BCUT2D eigenvalue weighted by Gasteiger charge is -2.21. The van der Waals surface area contributed by atoms with Crippen molar-refractivity contribution in [2.24, 2.45) is 0 Å². The van der Waals surface area contributed by atoms with Crippen LogP contribution in [0.25, 0.3) is 0 Å². The molecular formula is C16H13Cl2N4O5PS. The van der Waals surface area contributed by atoms with Gasteiger partial charge in [-0.15, -0.1) is 0 Å². The van der Waals surface area contributed by atoms with Gasteiger partial charge in [-0.25, -0.2) is 27.9 Å². The van der Waals surface area contributed by atoms with Gasteiger partial charge in [0.05, 0.1) is 0 Å². The van der Waals surface area contributed by atoms with Crippen LogP contribution in [0.1, 0.15) is 0 Å². The quantitative estimate of drug-likeness (QED) is 0.386. The third kappa shape index (κ3) is 5.65. The molecule has 0 radical (unpaired) electrons. The molecule has 0 spiro atoms. The van der Waals surface area contributed by atoms with E-state index < -0.39 is 23.9 Å². The second-order valence-corrected chi connectivity index (χ2v) is 9.69. The average Bonchev–Trinajstić information content (AvgIpc) is 2.71. The monoisotopic (exact) mass is 474 g/mol. The van der Waals surface area contributed by atoms with Crippen LogP contribution in [0.5, 0.6) is 11.5 Å². The fourth-order valence-corrected chi connectivity index (χ4v) is 5.41. The molecule has 0 saturated heterocycles. The SMILES string of the molecule is O=P(CNS(=O)(=O)c1ccccn1)(Oc1cccnc1Cl)Oc1cccnc1Cl. The predicted octanol–water partition coefficient (Wildman–Crippen LogP) is 3.77. The maximum Gasteiger partial charge on any atom is 0.445 e. The van der Waals surface area contributed by atoms with Crippen LogP contribution in [0.4, 0.5) is 0 Å². The molecule has 0 aliphatic carbocycles. The Hall–Kier alpha value is -2.23. The zero-order valence-corrected chi connectivity index (χ0v) is 17.7. The molecule has 0 aromatic carbocycles. The summed E-state index contributed by atoms with van der Waals surface area (Å²) in [4.78, 5) is 11.4. The first kappa shape index (κ1) is 21.5. The van der Waals surface area contributed by atoms with Crippen molar-refractivity contribution in [3.05, 3.63) is 71.4 Å². The van der Waals surface area contributed by atoms with Crippen molar-refractivity contribution in [3.8, 4) is 11.5 Å². The van der Waals surface area contributed by atoms with E-state index in [9.17, 15) is 13.0 Å². The van der Waals surface area contributed by atoms with Crippen molar-refractivity contribution in [2.45, 2.75) is 5.03 Å². The van der Waals surface area contributed by atoms with E-state index in [0.717, 1.165) is 0 Å². The Labute approximate surface area is 176 Å². The van der Waals surface area contributed by atoms with Gasteiger partial charge in [0.2, 0.25) is 0 Å². The summed E-state index contributed by atoms with van der Waals surface area (Å²) in [6, 6.07) is 10.2. The fourth-order valence-electron chi connectivity index (χ4n) is 2.01. The van der Waals surface area contributed by atoms with Gasteiger partial charge in [0.15, 0.2) is 26.8 Å². The minimum Gasteiger partial charge on any atom is -0.412 e. The maximum absolute atomic E-state index is 13.4. The Balaban J connectivity index is 1.89. The van der Waals surface area contributed by atoms with Crippen LogP contribution in [0.15, 0.2) is 66.1 Å². The summed E-state index contributed by atoms with van der Waals surface area (Å²) in [5.74, 6) is -0.121. The molecule has 9 nitrogen and oxygen atoms in total. The molecule has 1 N–H and O–H groups in total. The van der Waals surface area contributed by atoms with Gasteiger partial charge in [0.25, 0.3) is 10.0 Å². The highest BCUT2D eigenvalue weighted by Gasteiger charge is 2.33. The maximum atomic E-state index is 13.4. The van der Waals surface area contributed by atoms with Crippen molar-refractivity contribution < 1.29 is 22.0 Å².